The molecule has 0 aromatic carbocycles. The van der Waals surface area contributed by atoms with Gasteiger partial charge < -0.3 is 5.53 Å². The zero-order valence-corrected chi connectivity index (χ0v) is 2.53. The minimum Gasteiger partial charge on any atom is -0.338 e. The Kier molecular flexibility index (Phi) is 2.23. The Hall–Kier alpha value is -0.470. The topological polar surface area (TPSA) is 53.5 Å². The monoisotopic (exact) mass is 76.0 g/mol. The van der Waals surface area contributed by atoms with E-state index in [2.05, 4.69) is 4.16 Å². The van der Waals surface area contributed by atoms with Crippen molar-refractivity contribution in [2.24, 2.45) is 0 Å². The number of rotatable bonds is 0. The van der Waals surface area contributed by atoms with Crippen molar-refractivity contribution in [3.8, 4) is 0 Å². The molecule has 0 bridgehead atoms. The standard InChI is InChI=1S/N2OS/c1-2-4-3. The van der Waals surface area contributed by atoms with Gasteiger partial charge in [0.2, 0.25) is 0 Å². The molecule has 0 saturated heterocycles. The van der Waals surface area contributed by atoms with Crippen molar-refractivity contribution in [3.63, 3.8) is 0 Å². The van der Waals surface area contributed by atoms with E-state index in [0.717, 1.165) is 0 Å². The Labute approximate surface area is 26.4 Å². The molecule has 0 fully saturated rings. The van der Waals surface area contributed by atoms with Gasteiger partial charge in [-0.05, 0) is 4.16 Å². The summed E-state index contributed by atoms with van der Waals surface area (Å²) < 4.78 is 10.9. The van der Waals surface area contributed by atoms with Gasteiger partial charge in [0, 0.05) is 0 Å². The summed E-state index contributed by atoms with van der Waals surface area (Å²) in [6.45, 7) is 0. The molecular weight excluding hydrogens is 76.1 g/mol. The first-order chi connectivity index (χ1) is 1.91. The maximum Gasteiger partial charge on any atom is 0.509 e. The second-order valence-corrected chi connectivity index (χ2v) is 0.469. The maximum atomic E-state index is 8.80. The fraction of sp³-hybridized carbons (Fsp3) is 0. The van der Waals surface area contributed by atoms with E-state index in [1.165, 1.54) is 0 Å². The molecule has 0 rings (SSSR count). The molecule has 4 heavy (non-hydrogen) atoms. The van der Waals surface area contributed by atoms with Crippen LogP contribution in [0, 0.1) is 0 Å². The molecule has 0 radical (unpaired) electrons. The maximum absolute atomic E-state index is 8.80. The lowest BCUT2D eigenvalue weighted by Crippen LogP contribution is -1.36. The highest BCUT2D eigenvalue weighted by atomic mass is 32.1. The predicted molar refractivity (Wildman–Crippen MR) is 13.6 cm³/mol. The van der Waals surface area contributed by atoms with Gasteiger partial charge in [0.25, 0.3) is 0 Å². The summed E-state index contributed by atoms with van der Waals surface area (Å²) in [5, 5.41) is 0. The number of hydrogen-bond acceptors (Lipinski definition) is 1. The SMILES string of the molecule is [N-]=[N+]=S=O. The van der Waals surface area contributed by atoms with Crippen LogP contribution < -0.4 is 4.16 Å². The minimum atomic E-state index is -0.213. The molecular formula is N2OS. The van der Waals surface area contributed by atoms with Crippen LogP contribution >= 0.6 is 0 Å². The lowest BCUT2D eigenvalue weighted by atomic mass is 13.3. The minimum absolute atomic E-state index is 0.213. The smallest absolute Gasteiger partial charge is 0.338 e. The van der Waals surface area contributed by atoms with E-state index in [-0.39, 0.29) is 11.5 Å². The Balaban J connectivity index is 3.95. The Morgan fingerprint density at radius 2 is 2.25 bits per heavy atom. The molecule has 0 aliphatic carbocycles. The third kappa shape index (κ3) is 1.53. The van der Waals surface area contributed by atoms with Gasteiger partial charge in [0.05, 0.1) is 0 Å². The van der Waals surface area contributed by atoms with Crippen molar-refractivity contribution >= 4 is 11.5 Å². The van der Waals surface area contributed by atoms with Crippen molar-refractivity contribution in [1.29, 1.82) is 0 Å². The molecule has 0 N–H and O–H groups in total. The molecule has 0 spiro atoms. The summed E-state index contributed by atoms with van der Waals surface area (Å²) in [7, 11) is 0. The molecule has 0 heterocycles. The molecule has 0 atom stereocenters. The van der Waals surface area contributed by atoms with Crippen LogP contribution in [0.1, 0.15) is 0 Å². The lowest BCUT2D eigenvalue weighted by molar-refractivity contribution is 0.698. The molecule has 0 aromatic heterocycles. The van der Waals surface area contributed by atoms with E-state index in [0.29, 0.717) is 0 Å². The number of nitrogens with zero attached hydrogens (tertiary/aromatic N) is 2. The molecule has 0 saturated carbocycles. The summed E-state index contributed by atoms with van der Waals surface area (Å²) in [5.74, 6) is 0. The van der Waals surface area contributed by atoms with Gasteiger partial charge in [-0.25, -0.2) is 0 Å². The van der Waals surface area contributed by atoms with E-state index >= 15 is 0 Å². The molecule has 0 unspecified atom stereocenters. The largest absolute Gasteiger partial charge is 0.509 e. The second-order valence-electron chi connectivity index (χ2n) is 0.156. The van der Waals surface area contributed by atoms with E-state index < -0.39 is 0 Å². The normalized spacial score (nSPS) is 4.00. The van der Waals surface area contributed by atoms with Gasteiger partial charge >= 0.3 is 11.5 Å². The summed E-state index contributed by atoms with van der Waals surface area (Å²) in [6.07, 6.45) is 0. The van der Waals surface area contributed by atoms with Gasteiger partial charge in [-0.1, -0.05) is 0 Å². The fourth-order valence-electron chi connectivity index (χ4n) is 0. The van der Waals surface area contributed by atoms with Gasteiger partial charge in [-0.2, -0.15) is 0 Å². The van der Waals surface area contributed by atoms with E-state index in [4.69, 9.17) is 9.74 Å². The number of hydrogen-bond donors (Lipinski definition) is 0. The van der Waals surface area contributed by atoms with Crippen LogP contribution in [0.3, 0.4) is 0 Å². The first-order valence-electron chi connectivity index (χ1n) is 0.549. The lowest BCUT2D eigenvalue weighted by Gasteiger charge is -1.12. The van der Waals surface area contributed by atoms with Crippen molar-refractivity contribution in [1.82, 2.24) is 4.16 Å². The van der Waals surface area contributed by atoms with Crippen molar-refractivity contribution in [2.75, 3.05) is 0 Å². The Morgan fingerprint density at radius 3 is 2.25 bits per heavy atom. The second kappa shape index (κ2) is 2.53. The van der Waals surface area contributed by atoms with Crippen molar-refractivity contribution in [3.05, 3.63) is 5.53 Å². The zero-order valence-electron chi connectivity index (χ0n) is 1.71. The van der Waals surface area contributed by atoms with Crippen molar-refractivity contribution < 1.29 is 4.21 Å². The van der Waals surface area contributed by atoms with E-state index in [1.807, 2.05) is 0 Å². The Bertz CT molecular complexity index is 56.1. The summed E-state index contributed by atoms with van der Waals surface area (Å²) in [4.78, 5) is 0. The fourth-order valence-corrected chi connectivity index (χ4v) is 0. The molecule has 3 nitrogen and oxygen atoms in total. The predicted octanol–water partition coefficient (Wildman–Crippen LogP) is -0.528. The average Bonchev–Trinajstić information content (AvgIpc) is 1.37. The van der Waals surface area contributed by atoms with Gasteiger partial charge in [0.15, 0.2) is 0 Å². The van der Waals surface area contributed by atoms with E-state index in [9.17, 15) is 0 Å². The third-order valence-electron chi connectivity index (χ3n) is 0.0333. The quantitative estimate of drug-likeness (QED) is 0.282. The third-order valence-corrected chi connectivity index (χ3v) is 0.100. The van der Waals surface area contributed by atoms with Crippen LogP contribution in [0.2, 0.25) is 0 Å². The highest BCUT2D eigenvalue weighted by molar-refractivity contribution is 7.53. The van der Waals surface area contributed by atoms with Gasteiger partial charge in [-0.15, -0.1) is 4.21 Å². The zero-order chi connectivity index (χ0) is 3.41. The summed E-state index contributed by atoms with van der Waals surface area (Å²) in [5.41, 5.74) is 7.15. The van der Waals surface area contributed by atoms with Crippen LogP contribution in [0.15, 0.2) is 0 Å². The molecule has 22 valence electrons. The highest BCUT2D eigenvalue weighted by Gasteiger charge is 1.32. The first kappa shape index (κ1) is 3.53. The van der Waals surface area contributed by atoms with Crippen LogP contribution in [0.5, 0.6) is 0 Å². The van der Waals surface area contributed by atoms with Crippen LogP contribution in [-0.2, 0) is 11.5 Å². The average molecular weight is 76.1 g/mol. The Morgan fingerprint density at radius 1 is 2.00 bits per heavy atom. The van der Waals surface area contributed by atoms with Crippen molar-refractivity contribution in [2.45, 2.75) is 0 Å². The van der Waals surface area contributed by atoms with Gasteiger partial charge in [0.1, 0.15) is 0 Å². The molecule has 0 aliphatic heterocycles. The van der Waals surface area contributed by atoms with Crippen LogP contribution in [0.4, 0.5) is 0 Å². The van der Waals surface area contributed by atoms with Gasteiger partial charge in [-0.3, -0.25) is 0 Å². The summed E-state index contributed by atoms with van der Waals surface area (Å²) >= 11 is -0.213. The molecule has 4 heteroatoms. The highest BCUT2D eigenvalue weighted by Crippen LogP contribution is 1.01. The molecule has 0 amide bonds. The van der Waals surface area contributed by atoms with Crippen LogP contribution in [-0.4, -0.2) is 4.21 Å². The molecule has 0 aliphatic rings. The molecule has 0 aromatic rings. The first-order valence-corrected chi connectivity index (χ1v) is 1.25. The summed E-state index contributed by atoms with van der Waals surface area (Å²) in [6, 6.07) is 0. The van der Waals surface area contributed by atoms with E-state index in [1.54, 1.807) is 0 Å². The van der Waals surface area contributed by atoms with Crippen LogP contribution in [0.25, 0.3) is 5.53 Å².